The smallest absolute Gasteiger partial charge is 0.303 e. The van der Waals surface area contributed by atoms with Crippen molar-refractivity contribution in [1.82, 2.24) is 5.32 Å². The molecule has 2 aromatic carbocycles. The fourth-order valence-electron chi connectivity index (χ4n) is 2.56. The van der Waals surface area contributed by atoms with Gasteiger partial charge in [-0.3, -0.25) is 9.59 Å². The molecule has 1 amide bonds. The molecule has 0 saturated carbocycles. The molecule has 164 valence electrons. The molecule has 0 aliphatic rings. The molecular weight excluding hydrogens is 388 g/mol. The Labute approximate surface area is 176 Å². The first-order chi connectivity index (χ1) is 14.3. The van der Waals surface area contributed by atoms with Crippen molar-refractivity contribution < 1.29 is 29.6 Å². The second-order valence-corrected chi connectivity index (χ2v) is 6.66. The molecule has 2 rings (SSSR count). The summed E-state index contributed by atoms with van der Waals surface area (Å²) < 4.78 is 5.14. The number of benzene rings is 2. The number of phenolic OH excluding ortho intramolecular Hbond substituents is 1. The zero-order chi connectivity index (χ0) is 22.5. The van der Waals surface area contributed by atoms with Crippen LogP contribution in [0.3, 0.4) is 0 Å². The molecule has 8 heteroatoms. The molecule has 0 heterocycles. The molecule has 0 bridgehead atoms. The number of nitrogens with one attached hydrogen (secondary N) is 2. The van der Waals surface area contributed by atoms with Crippen molar-refractivity contribution in [1.29, 1.82) is 0 Å². The van der Waals surface area contributed by atoms with E-state index in [0.717, 1.165) is 12.2 Å². The second-order valence-electron chi connectivity index (χ2n) is 6.66. The predicted molar refractivity (Wildman–Crippen MR) is 115 cm³/mol. The van der Waals surface area contributed by atoms with Gasteiger partial charge in [-0.15, -0.1) is 0 Å². The number of anilines is 1. The molecule has 2 aromatic rings. The number of hydrogen-bond acceptors (Lipinski definition) is 6. The number of carboxylic acid groups (broad SMARTS) is 1. The molecule has 0 saturated heterocycles. The monoisotopic (exact) mass is 418 g/mol. The van der Waals surface area contributed by atoms with Crippen molar-refractivity contribution in [2.75, 3.05) is 19.0 Å². The van der Waals surface area contributed by atoms with Crippen LogP contribution in [0.4, 0.5) is 5.69 Å². The molecule has 30 heavy (non-hydrogen) atoms. The van der Waals surface area contributed by atoms with Gasteiger partial charge in [-0.2, -0.15) is 0 Å². The Balaban J connectivity index is 0.000000804. The molecule has 2 unspecified atom stereocenters. The molecule has 0 fully saturated rings. The third-order valence-corrected chi connectivity index (χ3v) is 4.28. The highest BCUT2D eigenvalue weighted by molar-refractivity contribution is 5.75. The lowest BCUT2D eigenvalue weighted by molar-refractivity contribution is -0.136. The van der Waals surface area contributed by atoms with Crippen LogP contribution >= 0.6 is 0 Å². The van der Waals surface area contributed by atoms with E-state index >= 15 is 0 Å². The van der Waals surface area contributed by atoms with Gasteiger partial charge >= 0.3 is 5.97 Å². The van der Waals surface area contributed by atoms with Crippen molar-refractivity contribution in [2.45, 2.75) is 38.8 Å². The molecule has 0 aromatic heterocycles. The van der Waals surface area contributed by atoms with Gasteiger partial charge in [-0.25, -0.2) is 0 Å². The Bertz CT molecular complexity index is 795. The zero-order valence-corrected chi connectivity index (χ0v) is 17.5. The maximum atomic E-state index is 10.5. The Morgan fingerprint density at radius 3 is 2.37 bits per heavy atom. The van der Waals surface area contributed by atoms with Gasteiger partial charge in [0.2, 0.25) is 6.41 Å². The lowest BCUT2D eigenvalue weighted by Crippen LogP contribution is -2.32. The number of rotatable bonds is 10. The summed E-state index contributed by atoms with van der Waals surface area (Å²) >= 11 is 0. The summed E-state index contributed by atoms with van der Waals surface area (Å²) in [5, 5.41) is 33.4. The first-order valence-corrected chi connectivity index (χ1v) is 9.59. The Morgan fingerprint density at radius 1 is 1.20 bits per heavy atom. The number of methoxy groups -OCH3 is 1. The number of ether oxygens (including phenoxy) is 1. The molecular formula is C22H30N2O6. The summed E-state index contributed by atoms with van der Waals surface area (Å²) in [5.74, 6) is 0.0423. The minimum atomic E-state index is -0.745. The summed E-state index contributed by atoms with van der Waals surface area (Å²) in [4.78, 5) is 19.9. The van der Waals surface area contributed by atoms with Gasteiger partial charge in [0, 0.05) is 19.0 Å². The average Bonchev–Trinajstić information content (AvgIpc) is 2.74. The zero-order valence-electron chi connectivity index (χ0n) is 17.5. The highest BCUT2D eigenvalue weighted by Gasteiger charge is 2.12. The third-order valence-electron chi connectivity index (χ3n) is 4.28. The van der Waals surface area contributed by atoms with E-state index in [1.54, 1.807) is 26.2 Å². The predicted octanol–water partition coefficient (Wildman–Crippen LogP) is 2.70. The third kappa shape index (κ3) is 8.93. The Hall–Kier alpha value is -3.10. The second kappa shape index (κ2) is 13.2. The fraction of sp³-hybridized carbons (Fsp3) is 0.364. The van der Waals surface area contributed by atoms with Crippen molar-refractivity contribution in [2.24, 2.45) is 0 Å². The number of phenols is 1. The first-order valence-electron chi connectivity index (χ1n) is 9.59. The summed E-state index contributed by atoms with van der Waals surface area (Å²) in [5.41, 5.74) is 2.07. The van der Waals surface area contributed by atoms with E-state index in [-0.39, 0.29) is 23.9 Å². The van der Waals surface area contributed by atoms with Crippen LogP contribution in [0.25, 0.3) is 0 Å². The number of carbonyl (C=O) groups is 2. The first kappa shape index (κ1) is 24.9. The van der Waals surface area contributed by atoms with Gasteiger partial charge in [0.1, 0.15) is 11.5 Å². The molecule has 0 aliphatic carbocycles. The summed E-state index contributed by atoms with van der Waals surface area (Å²) in [7, 11) is 1.64. The number of carbonyl (C=O) groups excluding carboxylic acids is 1. The van der Waals surface area contributed by atoms with Crippen LogP contribution in [0.2, 0.25) is 0 Å². The fourth-order valence-corrected chi connectivity index (χ4v) is 2.56. The van der Waals surface area contributed by atoms with Crippen LogP contribution in [0, 0.1) is 0 Å². The van der Waals surface area contributed by atoms with Crippen LogP contribution in [0.1, 0.15) is 37.5 Å². The topological polar surface area (TPSA) is 128 Å². The van der Waals surface area contributed by atoms with E-state index in [9.17, 15) is 19.8 Å². The number of amides is 1. The number of aromatic hydroxyl groups is 1. The SMILES string of the molecule is CCC(=O)O.COc1ccc(CC(C)NCC(O)c2ccc(O)c(NC=O)c2)cc1. The highest BCUT2D eigenvalue weighted by atomic mass is 16.5. The molecule has 0 aliphatic heterocycles. The standard InChI is InChI=1S/C19H24N2O4.C3H6O2/c1-13(9-14-3-6-16(25-2)7-4-14)20-11-19(24)15-5-8-18(23)17(10-15)21-12-22;1-2-3(4)5/h3-8,10,12-13,19-20,23-24H,9,11H2,1-2H3,(H,21,22);2H2,1H3,(H,4,5). The quantitative estimate of drug-likeness (QED) is 0.296. The van der Waals surface area contributed by atoms with E-state index in [0.29, 0.717) is 18.5 Å². The number of aliphatic hydroxyl groups excluding tert-OH is 1. The average molecular weight is 418 g/mol. The van der Waals surface area contributed by atoms with Crippen LogP contribution in [-0.4, -0.2) is 47.4 Å². The maximum Gasteiger partial charge on any atom is 0.303 e. The number of aliphatic carboxylic acids is 1. The van der Waals surface area contributed by atoms with E-state index in [1.165, 1.54) is 11.6 Å². The van der Waals surface area contributed by atoms with Gasteiger partial charge in [0.25, 0.3) is 0 Å². The lowest BCUT2D eigenvalue weighted by Gasteiger charge is -2.18. The summed E-state index contributed by atoms with van der Waals surface area (Å²) in [6.45, 7) is 4.01. The van der Waals surface area contributed by atoms with E-state index in [4.69, 9.17) is 9.84 Å². The number of hydrogen-bond donors (Lipinski definition) is 5. The Kier molecular flexibility index (Phi) is 11.0. The maximum absolute atomic E-state index is 10.5. The van der Waals surface area contributed by atoms with Crippen LogP contribution in [-0.2, 0) is 16.0 Å². The summed E-state index contributed by atoms with van der Waals surface area (Å²) in [6.07, 6.45) is 0.788. The molecule has 2 atom stereocenters. The number of carboxylic acids is 1. The van der Waals surface area contributed by atoms with Crippen LogP contribution < -0.4 is 15.4 Å². The van der Waals surface area contributed by atoms with Crippen LogP contribution in [0.15, 0.2) is 42.5 Å². The largest absolute Gasteiger partial charge is 0.506 e. The van der Waals surface area contributed by atoms with Gasteiger partial charge in [-0.05, 0) is 48.7 Å². The minimum absolute atomic E-state index is 0.0381. The van der Waals surface area contributed by atoms with Crippen molar-refractivity contribution in [3.05, 3.63) is 53.6 Å². The van der Waals surface area contributed by atoms with E-state index < -0.39 is 12.1 Å². The Morgan fingerprint density at radius 2 is 1.83 bits per heavy atom. The molecule has 5 N–H and O–H groups in total. The highest BCUT2D eigenvalue weighted by Crippen LogP contribution is 2.26. The lowest BCUT2D eigenvalue weighted by atomic mass is 10.1. The molecule has 0 spiro atoms. The van der Waals surface area contributed by atoms with Gasteiger partial charge in [0.15, 0.2) is 0 Å². The van der Waals surface area contributed by atoms with Gasteiger partial charge in [-0.1, -0.05) is 25.1 Å². The van der Waals surface area contributed by atoms with E-state index in [2.05, 4.69) is 10.6 Å². The van der Waals surface area contributed by atoms with Crippen molar-refractivity contribution >= 4 is 18.1 Å². The van der Waals surface area contributed by atoms with Crippen molar-refractivity contribution in [3.8, 4) is 11.5 Å². The van der Waals surface area contributed by atoms with Crippen molar-refractivity contribution in [3.63, 3.8) is 0 Å². The normalized spacial score (nSPS) is 12.1. The minimum Gasteiger partial charge on any atom is -0.506 e. The summed E-state index contributed by atoms with van der Waals surface area (Å²) in [6, 6.07) is 12.7. The molecule has 8 nitrogen and oxygen atoms in total. The van der Waals surface area contributed by atoms with Gasteiger partial charge < -0.3 is 30.7 Å². The molecule has 0 radical (unpaired) electrons. The van der Waals surface area contributed by atoms with E-state index in [1.807, 2.05) is 31.2 Å². The number of aliphatic hydroxyl groups is 1. The van der Waals surface area contributed by atoms with Gasteiger partial charge in [0.05, 0.1) is 18.9 Å². The van der Waals surface area contributed by atoms with Crippen LogP contribution in [0.5, 0.6) is 11.5 Å².